The van der Waals surface area contributed by atoms with Gasteiger partial charge in [0.1, 0.15) is 18.4 Å². The van der Waals surface area contributed by atoms with Gasteiger partial charge in [0.05, 0.1) is 5.69 Å². The molecule has 3 N–H and O–H groups in total. The zero-order valence-electron chi connectivity index (χ0n) is 22.9. The molecule has 1 aromatic heterocycles. The van der Waals surface area contributed by atoms with Gasteiger partial charge in [-0.05, 0) is 76.6 Å². The molecule has 1 aliphatic rings. The molecule has 12 heteroatoms. The third-order valence-electron chi connectivity index (χ3n) is 7.48. The maximum absolute atomic E-state index is 13.3. The number of carboxylic acid groups (broad SMARTS) is 1. The van der Waals surface area contributed by atoms with Crippen LogP contribution in [0.5, 0.6) is 0 Å². The summed E-state index contributed by atoms with van der Waals surface area (Å²) in [6, 6.07) is 21.5. The van der Waals surface area contributed by atoms with Gasteiger partial charge in [-0.3, -0.25) is 14.5 Å². The zero-order valence-corrected chi connectivity index (χ0v) is 23.6. The lowest BCUT2D eigenvalue weighted by Crippen LogP contribution is -2.56. The SMILES string of the molecule is C[C@H](NC(=O)[C@H]1C[C@@H](c2ccc(-c3ccccc3)cc2)CCN1C(=O)O)C(=O)NCc1cc(Cl)ccc1-n1cnnn1. The minimum absolute atomic E-state index is 0.00201. The molecule has 42 heavy (non-hydrogen) atoms. The summed E-state index contributed by atoms with van der Waals surface area (Å²) in [6.07, 6.45) is 1.18. The van der Waals surface area contributed by atoms with E-state index >= 15 is 0 Å². The normalized spacial score (nSPS) is 17.3. The number of carbonyl (C=O) groups excluding carboxylic acids is 2. The van der Waals surface area contributed by atoms with Crippen molar-refractivity contribution in [3.8, 4) is 16.8 Å². The number of nitrogens with zero attached hydrogens (tertiary/aromatic N) is 5. The van der Waals surface area contributed by atoms with Crippen molar-refractivity contribution >= 4 is 29.5 Å². The van der Waals surface area contributed by atoms with E-state index in [2.05, 4.69) is 26.2 Å². The number of likely N-dealkylation sites (tertiary alicyclic amines) is 1. The third kappa shape index (κ3) is 6.58. The van der Waals surface area contributed by atoms with Gasteiger partial charge in [0, 0.05) is 18.1 Å². The van der Waals surface area contributed by atoms with Gasteiger partial charge in [0.15, 0.2) is 0 Å². The number of nitrogens with one attached hydrogen (secondary N) is 2. The van der Waals surface area contributed by atoms with Gasteiger partial charge >= 0.3 is 6.09 Å². The van der Waals surface area contributed by atoms with E-state index in [1.165, 1.54) is 11.0 Å². The molecule has 3 atom stereocenters. The molecule has 4 aromatic rings. The molecule has 11 nitrogen and oxygen atoms in total. The van der Waals surface area contributed by atoms with Crippen LogP contribution >= 0.6 is 11.6 Å². The molecule has 2 heterocycles. The first-order valence-corrected chi connectivity index (χ1v) is 13.9. The number of amides is 3. The maximum atomic E-state index is 13.3. The molecule has 0 spiro atoms. The molecule has 3 aromatic carbocycles. The molecular formula is C30H30ClN7O4. The van der Waals surface area contributed by atoms with Crippen molar-refractivity contribution in [2.45, 2.75) is 44.3 Å². The number of piperidine rings is 1. The molecule has 5 rings (SSSR count). The first kappa shape index (κ1) is 28.7. The van der Waals surface area contributed by atoms with Crippen LogP contribution in [0.2, 0.25) is 5.02 Å². The smallest absolute Gasteiger partial charge is 0.407 e. The summed E-state index contributed by atoms with van der Waals surface area (Å²) in [5, 5.41) is 27.0. The Bertz CT molecular complexity index is 1550. The lowest BCUT2D eigenvalue weighted by molar-refractivity contribution is -0.132. The Morgan fingerprint density at radius 2 is 1.79 bits per heavy atom. The van der Waals surface area contributed by atoms with Crippen molar-refractivity contribution in [3.63, 3.8) is 0 Å². The van der Waals surface area contributed by atoms with Crippen LogP contribution < -0.4 is 10.6 Å². The van der Waals surface area contributed by atoms with Crippen molar-refractivity contribution in [3.05, 3.63) is 95.3 Å². The first-order valence-electron chi connectivity index (χ1n) is 13.5. The highest BCUT2D eigenvalue weighted by Gasteiger charge is 2.37. The van der Waals surface area contributed by atoms with Gasteiger partial charge < -0.3 is 15.7 Å². The van der Waals surface area contributed by atoms with Crippen molar-refractivity contribution < 1.29 is 19.5 Å². The van der Waals surface area contributed by atoms with Gasteiger partial charge in [0.25, 0.3) is 0 Å². The van der Waals surface area contributed by atoms with Gasteiger partial charge in [-0.2, -0.15) is 0 Å². The van der Waals surface area contributed by atoms with Gasteiger partial charge in [0.2, 0.25) is 11.8 Å². The predicted molar refractivity (Wildman–Crippen MR) is 156 cm³/mol. The molecule has 3 amide bonds. The van der Waals surface area contributed by atoms with Crippen molar-refractivity contribution in [1.82, 2.24) is 35.7 Å². The highest BCUT2D eigenvalue weighted by molar-refractivity contribution is 6.30. The van der Waals surface area contributed by atoms with Crippen LogP contribution in [0.3, 0.4) is 0 Å². The number of tetrazole rings is 1. The summed E-state index contributed by atoms with van der Waals surface area (Å²) >= 11 is 6.16. The number of rotatable bonds is 8. The van der Waals surface area contributed by atoms with Crippen molar-refractivity contribution in [2.24, 2.45) is 0 Å². The van der Waals surface area contributed by atoms with Crippen LogP contribution in [0.15, 0.2) is 79.1 Å². The summed E-state index contributed by atoms with van der Waals surface area (Å²) in [5.41, 5.74) is 4.55. The van der Waals surface area contributed by atoms with E-state index in [1.54, 1.807) is 25.1 Å². The molecule has 0 radical (unpaired) electrons. The molecule has 0 unspecified atom stereocenters. The van der Waals surface area contributed by atoms with Crippen LogP contribution in [0.25, 0.3) is 16.8 Å². The van der Waals surface area contributed by atoms with E-state index < -0.39 is 30.0 Å². The summed E-state index contributed by atoms with van der Waals surface area (Å²) in [6.45, 7) is 1.88. The van der Waals surface area contributed by atoms with E-state index in [0.29, 0.717) is 29.1 Å². The van der Waals surface area contributed by atoms with Crippen LogP contribution in [0, 0.1) is 0 Å². The van der Waals surface area contributed by atoms with Gasteiger partial charge in [-0.25, -0.2) is 9.48 Å². The molecule has 0 aliphatic carbocycles. The predicted octanol–water partition coefficient (Wildman–Crippen LogP) is 4.03. The fourth-order valence-electron chi connectivity index (χ4n) is 5.23. The number of benzene rings is 3. The van der Waals surface area contributed by atoms with E-state index in [4.69, 9.17) is 11.6 Å². The second kappa shape index (κ2) is 12.8. The summed E-state index contributed by atoms with van der Waals surface area (Å²) in [5.74, 6) is -0.947. The standard InChI is InChI=1S/C30H30ClN7O4/c1-19(28(39)32-17-24-15-25(31)11-12-26(24)38-18-33-35-36-38)34-29(40)27-16-23(13-14-37(27)30(41)42)22-9-7-21(8-10-22)20-5-3-2-4-6-20/h2-12,15,18-19,23,27H,13-14,16-17H2,1H3,(H,32,39)(H,34,40)(H,41,42)/t19-,23-,27+/m0/s1. The van der Waals surface area contributed by atoms with Crippen LogP contribution in [0.1, 0.15) is 36.8 Å². The second-order valence-electron chi connectivity index (χ2n) is 10.2. The van der Waals surface area contributed by atoms with Gasteiger partial charge in [-0.15, -0.1) is 5.10 Å². The summed E-state index contributed by atoms with van der Waals surface area (Å²) in [4.78, 5) is 39.4. The molecule has 0 bridgehead atoms. The summed E-state index contributed by atoms with van der Waals surface area (Å²) < 4.78 is 1.46. The summed E-state index contributed by atoms with van der Waals surface area (Å²) in [7, 11) is 0. The molecule has 216 valence electrons. The van der Waals surface area contributed by atoms with E-state index in [1.807, 2.05) is 54.6 Å². The Kier molecular flexibility index (Phi) is 8.77. The Morgan fingerprint density at radius 3 is 2.48 bits per heavy atom. The number of aromatic nitrogens is 4. The lowest BCUT2D eigenvalue weighted by Gasteiger charge is -2.37. The van der Waals surface area contributed by atoms with E-state index in [9.17, 15) is 19.5 Å². The monoisotopic (exact) mass is 587 g/mol. The first-order chi connectivity index (χ1) is 20.3. The largest absolute Gasteiger partial charge is 0.465 e. The highest BCUT2D eigenvalue weighted by Crippen LogP contribution is 2.33. The van der Waals surface area contributed by atoms with Crippen LogP contribution in [-0.4, -0.2) is 66.7 Å². The van der Waals surface area contributed by atoms with Crippen molar-refractivity contribution in [2.75, 3.05) is 6.54 Å². The Morgan fingerprint density at radius 1 is 1.05 bits per heavy atom. The zero-order chi connectivity index (χ0) is 29.6. The van der Waals surface area contributed by atoms with Crippen molar-refractivity contribution in [1.29, 1.82) is 0 Å². The molecular weight excluding hydrogens is 558 g/mol. The Labute approximate surface area is 247 Å². The molecule has 1 fully saturated rings. The second-order valence-corrected chi connectivity index (χ2v) is 10.6. The quantitative estimate of drug-likeness (QED) is 0.282. The maximum Gasteiger partial charge on any atom is 0.407 e. The molecule has 1 saturated heterocycles. The minimum Gasteiger partial charge on any atom is -0.465 e. The van der Waals surface area contributed by atoms with E-state index in [0.717, 1.165) is 21.6 Å². The van der Waals surface area contributed by atoms with Gasteiger partial charge in [-0.1, -0.05) is 66.2 Å². The third-order valence-corrected chi connectivity index (χ3v) is 7.72. The Balaban J connectivity index is 1.23. The topological polar surface area (TPSA) is 142 Å². The minimum atomic E-state index is -1.17. The van der Waals surface area contributed by atoms with Crippen LogP contribution in [0.4, 0.5) is 4.79 Å². The number of carbonyl (C=O) groups is 3. The Hall–Kier alpha value is -4.77. The fraction of sp³-hybridized carbons (Fsp3) is 0.267. The average molecular weight is 588 g/mol. The molecule has 1 aliphatic heterocycles. The average Bonchev–Trinajstić information content (AvgIpc) is 3.55. The van der Waals surface area contributed by atoms with E-state index in [-0.39, 0.29) is 19.0 Å². The molecule has 0 saturated carbocycles. The number of halogens is 1. The number of hydrogen-bond donors (Lipinski definition) is 3. The lowest BCUT2D eigenvalue weighted by atomic mass is 9.84. The number of hydrogen-bond acceptors (Lipinski definition) is 6. The highest BCUT2D eigenvalue weighted by atomic mass is 35.5. The van der Waals surface area contributed by atoms with Crippen LogP contribution in [-0.2, 0) is 16.1 Å². The fourth-order valence-corrected chi connectivity index (χ4v) is 5.42.